The molecule has 20 heavy (non-hydrogen) atoms. The van der Waals surface area contributed by atoms with Crippen LogP contribution in [0.25, 0.3) is 0 Å². The second-order valence-corrected chi connectivity index (χ2v) is 6.01. The minimum Gasteiger partial charge on any atom is -0.376 e. The first-order valence-electron chi connectivity index (χ1n) is 7.96. The van der Waals surface area contributed by atoms with Crippen LogP contribution in [0, 0.1) is 5.92 Å². The highest BCUT2D eigenvalue weighted by Crippen LogP contribution is 2.42. The first-order valence-corrected chi connectivity index (χ1v) is 7.96. The Morgan fingerprint density at radius 2 is 2.15 bits per heavy atom. The lowest BCUT2D eigenvalue weighted by Gasteiger charge is -2.44. The van der Waals surface area contributed by atoms with Gasteiger partial charge in [0, 0.05) is 26.0 Å². The van der Waals surface area contributed by atoms with E-state index in [0.29, 0.717) is 0 Å². The summed E-state index contributed by atoms with van der Waals surface area (Å²) in [6.45, 7) is 8.54. The van der Waals surface area contributed by atoms with Crippen molar-refractivity contribution in [2.45, 2.75) is 64.6 Å². The van der Waals surface area contributed by atoms with Crippen LogP contribution in [0.3, 0.4) is 0 Å². The first-order chi connectivity index (χ1) is 9.66. The molecule has 1 aliphatic rings. The lowest BCUT2D eigenvalue weighted by Crippen LogP contribution is -2.48. The van der Waals surface area contributed by atoms with Crippen molar-refractivity contribution in [2.24, 2.45) is 5.92 Å². The van der Waals surface area contributed by atoms with Crippen LogP contribution in [0.1, 0.15) is 58.3 Å². The second-order valence-electron chi connectivity index (χ2n) is 6.01. The van der Waals surface area contributed by atoms with E-state index in [2.05, 4.69) is 41.8 Å². The van der Waals surface area contributed by atoms with Gasteiger partial charge in [-0.15, -0.1) is 0 Å². The molecule has 114 valence electrons. The van der Waals surface area contributed by atoms with E-state index in [1.165, 1.54) is 12.8 Å². The van der Waals surface area contributed by atoms with Crippen molar-refractivity contribution in [1.29, 1.82) is 0 Å². The van der Waals surface area contributed by atoms with Gasteiger partial charge in [-0.3, -0.25) is 0 Å². The monoisotopic (exact) mass is 279 g/mol. The molecule has 1 unspecified atom stereocenters. The third-order valence-electron chi connectivity index (χ3n) is 4.81. The standard InChI is InChI=1S/C16H29N3O/c1-5-17-14(15-18-11-12-19(15)6-2)16(20-4)9-7-13(3)8-10-16/h11-14,17H,5-10H2,1-4H3. The van der Waals surface area contributed by atoms with Gasteiger partial charge in [0.25, 0.3) is 0 Å². The number of rotatable bonds is 6. The molecule has 4 heteroatoms. The fourth-order valence-electron chi connectivity index (χ4n) is 3.43. The molecule has 1 N–H and O–H groups in total. The van der Waals surface area contributed by atoms with Crippen LogP contribution in [-0.4, -0.2) is 28.8 Å². The highest BCUT2D eigenvalue weighted by Gasteiger charge is 2.43. The lowest BCUT2D eigenvalue weighted by atomic mass is 9.75. The summed E-state index contributed by atoms with van der Waals surface area (Å²) in [5.74, 6) is 1.93. The predicted molar refractivity (Wildman–Crippen MR) is 81.7 cm³/mol. The molecule has 0 amide bonds. The number of hydrogen-bond donors (Lipinski definition) is 1. The molecule has 0 radical (unpaired) electrons. The molecule has 1 aromatic rings. The average molecular weight is 279 g/mol. The van der Waals surface area contributed by atoms with Crippen LogP contribution in [0.5, 0.6) is 0 Å². The Balaban J connectivity index is 2.30. The number of imidazole rings is 1. The molecule has 0 aromatic carbocycles. The maximum Gasteiger partial charge on any atom is 0.128 e. The van der Waals surface area contributed by atoms with Crippen LogP contribution in [-0.2, 0) is 11.3 Å². The van der Waals surface area contributed by atoms with Crippen molar-refractivity contribution < 1.29 is 4.74 Å². The van der Waals surface area contributed by atoms with E-state index in [-0.39, 0.29) is 11.6 Å². The molecular weight excluding hydrogens is 250 g/mol. The van der Waals surface area contributed by atoms with Gasteiger partial charge in [0.1, 0.15) is 5.82 Å². The lowest BCUT2D eigenvalue weighted by molar-refractivity contribution is -0.0783. The Morgan fingerprint density at radius 3 is 2.70 bits per heavy atom. The highest BCUT2D eigenvalue weighted by atomic mass is 16.5. The number of ether oxygens (including phenoxy) is 1. The van der Waals surface area contributed by atoms with Gasteiger partial charge in [0.2, 0.25) is 0 Å². The Kier molecular flexibility index (Phi) is 5.22. The number of aromatic nitrogens is 2. The molecule has 0 saturated heterocycles. The summed E-state index contributed by atoms with van der Waals surface area (Å²) in [6.07, 6.45) is 8.66. The average Bonchev–Trinajstić information content (AvgIpc) is 2.94. The van der Waals surface area contributed by atoms with Gasteiger partial charge >= 0.3 is 0 Å². The Morgan fingerprint density at radius 1 is 1.45 bits per heavy atom. The Labute approximate surface area is 122 Å². The molecule has 1 atom stereocenters. The molecule has 4 nitrogen and oxygen atoms in total. The minimum atomic E-state index is -0.110. The van der Waals surface area contributed by atoms with Crippen LogP contribution >= 0.6 is 0 Å². The van der Waals surface area contributed by atoms with E-state index in [1.54, 1.807) is 0 Å². The Hall–Kier alpha value is -0.870. The molecule has 1 heterocycles. The second kappa shape index (κ2) is 6.72. The number of nitrogens with one attached hydrogen (secondary N) is 1. The predicted octanol–water partition coefficient (Wildman–Crippen LogP) is 3.15. The number of hydrogen-bond acceptors (Lipinski definition) is 3. The highest BCUT2D eigenvalue weighted by molar-refractivity contribution is 5.09. The SMILES string of the molecule is CCNC(c1nccn1CC)C1(OC)CCC(C)CC1. The molecular formula is C16H29N3O. The van der Waals surface area contributed by atoms with E-state index in [1.807, 2.05) is 13.3 Å². The fourth-order valence-corrected chi connectivity index (χ4v) is 3.43. The zero-order chi connectivity index (χ0) is 14.6. The summed E-state index contributed by atoms with van der Waals surface area (Å²) in [6, 6.07) is 0.181. The number of likely N-dealkylation sites (N-methyl/N-ethyl adjacent to an activating group) is 1. The zero-order valence-electron chi connectivity index (χ0n) is 13.4. The van der Waals surface area contributed by atoms with Gasteiger partial charge in [0.05, 0.1) is 11.6 Å². The topological polar surface area (TPSA) is 39.1 Å². The first kappa shape index (κ1) is 15.5. The zero-order valence-corrected chi connectivity index (χ0v) is 13.4. The van der Waals surface area contributed by atoms with Crippen LogP contribution in [0.15, 0.2) is 12.4 Å². The van der Waals surface area contributed by atoms with Crippen molar-refractivity contribution in [1.82, 2.24) is 14.9 Å². The molecule has 0 aliphatic heterocycles. The van der Waals surface area contributed by atoms with Gasteiger partial charge < -0.3 is 14.6 Å². The summed E-state index contributed by atoms with van der Waals surface area (Å²) in [5, 5.41) is 3.63. The van der Waals surface area contributed by atoms with Crippen LogP contribution in [0.2, 0.25) is 0 Å². The molecule has 1 aliphatic carbocycles. The van der Waals surface area contributed by atoms with Crippen molar-refractivity contribution in [3.8, 4) is 0 Å². The quantitative estimate of drug-likeness (QED) is 0.869. The molecule has 2 rings (SSSR count). The molecule has 0 bridgehead atoms. The smallest absolute Gasteiger partial charge is 0.128 e. The number of nitrogens with zero attached hydrogens (tertiary/aromatic N) is 2. The maximum atomic E-state index is 6.05. The summed E-state index contributed by atoms with van der Waals surface area (Å²) >= 11 is 0. The van der Waals surface area contributed by atoms with Gasteiger partial charge in [0.15, 0.2) is 0 Å². The largest absolute Gasteiger partial charge is 0.376 e. The third kappa shape index (κ3) is 2.91. The number of aryl methyl sites for hydroxylation is 1. The van der Waals surface area contributed by atoms with Gasteiger partial charge in [-0.1, -0.05) is 13.8 Å². The van der Waals surface area contributed by atoms with E-state index in [0.717, 1.165) is 37.7 Å². The molecule has 1 saturated carbocycles. The number of methoxy groups -OCH3 is 1. The van der Waals surface area contributed by atoms with Gasteiger partial charge in [-0.25, -0.2) is 4.98 Å². The Bertz CT molecular complexity index is 408. The summed E-state index contributed by atoms with van der Waals surface area (Å²) in [5.41, 5.74) is -0.110. The van der Waals surface area contributed by atoms with Gasteiger partial charge in [-0.05, 0) is 45.1 Å². The van der Waals surface area contributed by atoms with E-state index in [9.17, 15) is 0 Å². The van der Waals surface area contributed by atoms with Crippen molar-refractivity contribution >= 4 is 0 Å². The van der Waals surface area contributed by atoms with Crippen molar-refractivity contribution in [3.63, 3.8) is 0 Å². The van der Waals surface area contributed by atoms with Crippen LogP contribution < -0.4 is 5.32 Å². The van der Waals surface area contributed by atoms with Crippen molar-refractivity contribution in [3.05, 3.63) is 18.2 Å². The van der Waals surface area contributed by atoms with E-state index >= 15 is 0 Å². The van der Waals surface area contributed by atoms with E-state index in [4.69, 9.17) is 4.74 Å². The molecule has 1 aromatic heterocycles. The van der Waals surface area contributed by atoms with Crippen LogP contribution in [0.4, 0.5) is 0 Å². The summed E-state index contributed by atoms with van der Waals surface area (Å²) in [7, 11) is 1.86. The fraction of sp³-hybridized carbons (Fsp3) is 0.812. The third-order valence-corrected chi connectivity index (χ3v) is 4.81. The van der Waals surface area contributed by atoms with Crippen molar-refractivity contribution in [2.75, 3.05) is 13.7 Å². The summed E-state index contributed by atoms with van der Waals surface area (Å²) < 4.78 is 8.28. The molecule has 0 spiro atoms. The minimum absolute atomic E-state index is 0.110. The molecule has 1 fully saturated rings. The normalized spacial score (nSPS) is 28.5. The summed E-state index contributed by atoms with van der Waals surface area (Å²) in [4.78, 5) is 4.61. The maximum absolute atomic E-state index is 6.05. The van der Waals surface area contributed by atoms with Gasteiger partial charge in [-0.2, -0.15) is 0 Å². The van der Waals surface area contributed by atoms with E-state index < -0.39 is 0 Å².